The summed E-state index contributed by atoms with van der Waals surface area (Å²) in [5.41, 5.74) is 2.36. The van der Waals surface area contributed by atoms with E-state index in [0.717, 1.165) is 16.6 Å². The molecule has 0 N–H and O–H groups in total. The van der Waals surface area contributed by atoms with Crippen LogP contribution in [0.1, 0.15) is 17.3 Å². The van der Waals surface area contributed by atoms with Crippen molar-refractivity contribution in [3.8, 4) is 0 Å². The van der Waals surface area contributed by atoms with Crippen molar-refractivity contribution in [1.82, 2.24) is 14.8 Å². The van der Waals surface area contributed by atoms with Gasteiger partial charge < -0.3 is 4.90 Å². The van der Waals surface area contributed by atoms with Crippen molar-refractivity contribution >= 4 is 16.8 Å². The molecule has 26 heavy (non-hydrogen) atoms. The van der Waals surface area contributed by atoms with E-state index in [-0.39, 0.29) is 11.7 Å². The average Bonchev–Trinajstić information content (AvgIpc) is 2.61. The summed E-state index contributed by atoms with van der Waals surface area (Å²) >= 11 is 0. The monoisotopic (exact) mass is 351 g/mol. The summed E-state index contributed by atoms with van der Waals surface area (Å²) in [6.45, 7) is 0.392. The number of rotatable bonds is 5. The Labute approximate surface area is 152 Å². The number of aromatic nitrogens is 1. The van der Waals surface area contributed by atoms with Crippen LogP contribution in [0.2, 0.25) is 0 Å². The molecule has 0 fully saturated rings. The van der Waals surface area contributed by atoms with Gasteiger partial charge in [0.25, 0.3) is 0 Å². The fourth-order valence-electron chi connectivity index (χ4n) is 3.06. The molecule has 2 aromatic carbocycles. The molecule has 0 aliphatic heterocycles. The molecule has 1 amide bonds. The third-order valence-corrected chi connectivity index (χ3v) is 4.35. The number of benzene rings is 2. The fourth-order valence-corrected chi connectivity index (χ4v) is 3.06. The van der Waals surface area contributed by atoms with Crippen LogP contribution in [0.15, 0.2) is 60.7 Å². The quantitative estimate of drug-likeness (QED) is 0.704. The molecule has 0 radical (unpaired) electrons. The van der Waals surface area contributed by atoms with Crippen LogP contribution in [-0.2, 0) is 11.3 Å². The molecule has 1 aromatic heterocycles. The Bertz CT molecular complexity index is 926. The number of carbonyl (C=O) groups is 1. The second-order valence-electron chi connectivity index (χ2n) is 6.61. The van der Waals surface area contributed by atoms with E-state index in [4.69, 9.17) is 0 Å². The first-order chi connectivity index (χ1) is 12.5. The maximum absolute atomic E-state index is 13.6. The lowest BCUT2D eigenvalue weighted by atomic mass is 10.0. The first-order valence-electron chi connectivity index (χ1n) is 8.47. The molecule has 0 aliphatic carbocycles. The lowest BCUT2D eigenvalue weighted by Crippen LogP contribution is -2.38. The van der Waals surface area contributed by atoms with Crippen molar-refractivity contribution in [3.05, 3.63) is 77.7 Å². The number of likely N-dealkylation sites (N-methyl/N-ethyl adjacent to an activating group) is 2. The van der Waals surface area contributed by atoms with Crippen molar-refractivity contribution in [2.75, 3.05) is 21.1 Å². The minimum Gasteiger partial charge on any atom is -0.338 e. The second kappa shape index (κ2) is 7.62. The molecule has 1 heterocycles. The summed E-state index contributed by atoms with van der Waals surface area (Å²) in [5, 5.41) is 1.07. The Morgan fingerprint density at radius 2 is 1.81 bits per heavy atom. The van der Waals surface area contributed by atoms with E-state index in [9.17, 15) is 9.18 Å². The van der Waals surface area contributed by atoms with Gasteiger partial charge in [-0.25, -0.2) is 4.39 Å². The summed E-state index contributed by atoms with van der Waals surface area (Å²) in [7, 11) is 5.38. The summed E-state index contributed by atoms with van der Waals surface area (Å²) in [6.07, 6.45) is 0. The number of para-hydroxylation sites is 1. The van der Waals surface area contributed by atoms with E-state index >= 15 is 0 Å². The van der Waals surface area contributed by atoms with E-state index in [1.165, 1.54) is 12.1 Å². The number of hydrogen-bond acceptors (Lipinski definition) is 3. The van der Waals surface area contributed by atoms with Crippen molar-refractivity contribution < 1.29 is 9.18 Å². The number of carbonyl (C=O) groups excluding carboxylic acids is 1. The first-order valence-corrected chi connectivity index (χ1v) is 8.47. The highest BCUT2D eigenvalue weighted by Gasteiger charge is 2.26. The first kappa shape index (κ1) is 18.0. The SMILES string of the molecule is CN(Cc1ccc2ccccc2n1)C(=O)C(c1cccc(F)c1)N(C)C. The highest BCUT2D eigenvalue weighted by atomic mass is 19.1. The van der Waals surface area contributed by atoms with Gasteiger partial charge in [-0.05, 0) is 43.9 Å². The molecule has 5 heteroatoms. The van der Waals surface area contributed by atoms with Crippen LogP contribution in [0, 0.1) is 5.82 Å². The topological polar surface area (TPSA) is 36.4 Å². The molecule has 3 rings (SSSR count). The summed E-state index contributed by atoms with van der Waals surface area (Å²) in [4.78, 5) is 21.0. The number of fused-ring (bicyclic) bond motifs is 1. The van der Waals surface area contributed by atoms with Crippen LogP contribution >= 0.6 is 0 Å². The smallest absolute Gasteiger partial charge is 0.244 e. The Hall–Kier alpha value is -2.79. The average molecular weight is 351 g/mol. The van der Waals surface area contributed by atoms with Crippen molar-refractivity contribution in [1.29, 1.82) is 0 Å². The van der Waals surface area contributed by atoms with Gasteiger partial charge in [0.05, 0.1) is 17.8 Å². The minimum atomic E-state index is -0.545. The summed E-state index contributed by atoms with van der Waals surface area (Å²) < 4.78 is 13.6. The number of pyridine rings is 1. The van der Waals surface area contributed by atoms with Gasteiger partial charge in [0, 0.05) is 12.4 Å². The zero-order chi connectivity index (χ0) is 18.7. The number of halogens is 1. The Morgan fingerprint density at radius 1 is 1.04 bits per heavy atom. The Balaban J connectivity index is 1.82. The van der Waals surface area contributed by atoms with E-state index in [1.807, 2.05) is 50.5 Å². The normalized spacial score (nSPS) is 12.3. The Morgan fingerprint density at radius 3 is 2.54 bits per heavy atom. The lowest BCUT2D eigenvalue weighted by molar-refractivity contribution is -0.135. The van der Waals surface area contributed by atoms with Crippen LogP contribution in [0.3, 0.4) is 0 Å². The molecule has 4 nitrogen and oxygen atoms in total. The molecular formula is C21H22FN3O. The zero-order valence-corrected chi connectivity index (χ0v) is 15.2. The highest BCUT2D eigenvalue weighted by Crippen LogP contribution is 2.22. The van der Waals surface area contributed by atoms with Gasteiger partial charge in [-0.2, -0.15) is 0 Å². The van der Waals surface area contributed by atoms with Crippen LogP contribution < -0.4 is 0 Å². The van der Waals surface area contributed by atoms with E-state index in [1.54, 1.807) is 29.0 Å². The van der Waals surface area contributed by atoms with Gasteiger partial charge >= 0.3 is 0 Å². The summed E-state index contributed by atoms with van der Waals surface area (Å²) in [6, 6.07) is 17.4. The highest BCUT2D eigenvalue weighted by molar-refractivity contribution is 5.83. The van der Waals surface area contributed by atoms with E-state index < -0.39 is 6.04 Å². The molecule has 0 bridgehead atoms. The van der Waals surface area contributed by atoms with Crippen LogP contribution in [0.25, 0.3) is 10.9 Å². The van der Waals surface area contributed by atoms with Crippen LogP contribution in [0.5, 0.6) is 0 Å². The molecule has 134 valence electrons. The van der Waals surface area contributed by atoms with Gasteiger partial charge in [-0.15, -0.1) is 0 Å². The van der Waals surface area contributed by atoms with Gasteiger partial charge in [0.1, 0.15) is 11.9 Å². The van der Waals surface area contributed by atoms with Crippen molar-refractivity contribution in [2.24, 2.45) is 0 Å². The van der Waals surface area contributed by atoms with Crippen molar-refractivity contribution in [3.63, 3.8) is 0 Å². The van der Waals surface area contributed by atoms with Gasteiger partial charge in [-0.1, -0.05) is 36.4 Å². The second-order valence-corrected chi connectivity index (χ2v) is 6.61. The Kier molecular flexibility index (Phi) is 5.28. The van der Waals surface area contributed by atoms with Crippen molar-refractivity contribution in [2.45, 2.75) is 12.6 Å². The molecule has 0 aliphatic rings. The number of hydrogen-bond donors (Lipinski definition) is 0. The molecule has 0 saturated heterocycles. The zero-order valence-electron chi connectivity index (χ0n) is 15.2. The van der Waals surface area contributed by atoms with Crippen LogP contribution in [-0.4, -0.2) is 41.8 Å². The summed E-state index contributed by atoms with van der Waals surface area (Å²) in [5.74, 6) is -0.448. The third kappa shape index (κ3) is 3.89. The lowest BCUT2D eigenvalue weighted by Gasteiger charge is -2.28. The molecule has 0 saturated carbocycles. The minimum absolute atomic E-state index is 0.101. The van der Waals surface area contributed by atoms with Gasteiger partial charge in [0.2, 0.25) is 5.91 Å². The van der Waals surface area contributed by atoms with E-state index in [2.05, 4.69) is 4.98 Å². The molecule has 3 aromatic rings. The molecule has 1 unspecified atom stereocenters. The van der Waals surface area contributed by atoms with Gasteiger partial charge in [-0.3, -0.25) is 14.7 Å². The maximum atomic E-state index is 13.6. The van der Waals surface area contributed by atoms with Crippen LogP contribution in [0.4, 0.5) is 4.39 Å². The molecule has 1 atom stereocenters. The predicted molar refractivity (Wildman–Crippen MR) is 101 cm³/mol. The standard InChI is InChI=1S/C21H22FN3O/c1-24(2)20(16-8-6-9-17(22)13-16)21(26)25(3)14-18-12-11-15-7-4-5-10-19(15)23-18/h4-13,20H,14H2,1-3H3. The maximum Gasteiger partial charge on any atom is 0.244 e. The predicted octanol–water partition coefficient (Wildman–Crippen LogP) is 3.64. The molecule has 0 spiro atoms. The number of amides is 1. The third-order valence-electron chi connectivity index (χ3n) is 4.35. The molecular weight excluding hydrogens is 329 g/mol. The fraction of sp³-hybridized carbons (Fsp3) is 0.238. The largest absolute Gasteiger partial charge is 0.338 e. The van der Waals surface area contributed by atoms with E-state index in [0.29, 0.717) is 12.1 Å². The number of nitrogens with zero attached hydrogens (tertiary/aromatic N) is 3. The van der Waals surface area contributed by atoms with Gasteiger partial charge in [0.15, 0.2) is 0 Å².